The van der Waals surface area contributed by atoms with Gasteiger partial charge in [0.1, 0.15) is 0 Å². The first kappa shape index (κ1) is 20.9. The number of carbonyl (C=O) groups excluding carboxylic acids is 1. The van der Waals surface area contributed by atoms with Gasteiger partial charge in [0.25, 0.3) is 0 Å². The van der Waals surface area contributed by atoms with E-state index in [0.717, 1.165) is 38.0 Å². The number of amides is 1. The maximum atomic E-state index is 12.4. The van der Waals surface area contributed by atoms with E-state index >= 15 is 0 Å². The van der Waals surface area contributed by atoms with Crippen molar-refractivity contribution < 1.29 is 4.79 Å². The fraction of sp³-hybridized carbons (Fsp3) is 0.684. The maximum Gasteiger partial charge on any atom is 0.225 e. The Balaban J connectivity index is 1.61. The van der Waals surface area contributed by atoms with Crippen LogP contribution in [0, 0.1) is 0 Å². The number of unbranched alkanes of at least 4 members (excludes halogenated alkanes) is 3. The van der Waals surface area contributed by atoms with E-state index in [4.69, 9.17) is 0 Å². The third-order valence-electron chi connectivity index (χ3n) is 4.65. The van der Waals surface area contributed by atoms with Crippen LogP contribution >= 0.6 is 0 Å². The van der Waals surface area contributed by atoms with Gasteiger partial charge >= 0.3 is 0 Å². The van der Waals surface area contributed by atoms with Crippen molar-refractivity contribution in [3.8, 4) is 0 Å². The Hall–Kier alpha value is -2.38. The number of rotatable bonds is 9. The van der Waals surface area contributed by atoms with Crippen molar-refractivity contribution in [3.05, 3.63) is 18.5 Å². The quantitative estimate of drug-likeness (QED) is 0.384. The molecule has 1 aromatic heterocycles. The first-order valence-electron chi connectivity index (χ1n) is 9.99. The number of nitrogens with one attached hydrogen (secondary N) is 2. The number of nitrogens with zero attached hydrogens (tertiary/aromatic N) is 5. The van der Waals surface area contributed by atoms with Gasteiger partial charge in [-0.25, -0.2) is 9.97 Å². The van der Waals surface area contributed by atoms with Crippen LogP contribution in [0.4, 0.5) is 5.95 Å². The zero-order chi connectivity index (χ0) is 19.3. The Morgan fingerprint density at radius 3 is 2.44 bits per heavy atom. The predicted octanol–water partition coefficient (Wildman–Crippen LogP) is 1.26. The van der Waals surface area contributed by atoms with Crippen LogP contribution < -0.4 is 15.5 Å². The molecule has 1 fully saturated rings. The monoisotopic (exact) mass is 375 g/mol. The molecule has 0 radical (unpaired) electrons. The summed E-state index contributed by atoms with van der Waals surface area (Å²) in [7, 11) is 1.76. The molecule has 8 heteroatoms. The van der Waals surface area contributed by atoms with Gasteiger partial charge in [0.05, 0.1) is 0 Å². The minimum Gasteiger partial charge on any atom is -0.356 e. The van der Waals surface area contributed by atoms with Crippen molar-refractivity contribution in [3.63, 3.8) is 0 Å². The smallest absolute Gasteiger partial charge is 0.225 e. The van der Waals surface area contributed by atoms with Crippen LogP contribution in [0.1, 0.15) is 39.0 Å². The fourth-order valence-electron chi connectivity index (χ4n) is 3.04. The number of aliphatic imine (C=N–C) groups is 1. The SMILES string of the molecule is CCCCCCNC(=NC)NCCC(=O)N1CCN(c2ncccn2)CC1. The highest BCUT2D eigenvalue weighted by molar-refractivity contribution is 5.81. The van der Waals surface area contributed by atoms with E-state index in [1.807, 2.05) is 11.0 Å². The van der Waals surface area contributed by atoms with Crippen LogP contribution in [0.2, 0.25) is 0 Å². The lowest BCUT2D eigenvalue weighted by molar-refractivity contribution is -0.131. The summed E-state index contributed by atoms with van der Waals surface area (Å²) in [6.07, 6.45) is 8.85. The predicted molar refractivity (Wildman–Crippen MR) is 109 cm³/mol. The van der Waals surface area contributed by atoms with Crippen molar-refractivity contribution in [1.82, 2.24) is 25.5 Å². The third kappa shape index (κ3) is 7.40. The molecule has 1 saturated heterocycles. The normalized spacial score (nSPS) is 15.0. The van der Waals surface area contributed by atoms with E-state index in [0.29, 0.717) is 26.1 Å². The molecule has 0 saturated carbocycles. The van der Waals surface area contributed by atoms with E-state index in [1.165, 1.54) is 19.3 Å². The van der Waals surface area contributed by atoms with Crippen LogP contribution in [-0.2, 0) is 4.79 Å². The number of guanidine groups is 1. The maximum absolute atomic E-state index is 12.4. The van der Waals surface area contributed by atoms with Gasteiger partial charge in [0.2, 0.25) is 11.9 Å². The Morgan fingerprint density at radius 2 is 1.78 bits per heavy atom. The van der Waals surface area contributed by atoms with Crippen molar-refractivity contribution >= 4 is 17.8 Å². The van der Waals surface area contributed by atoms with Crippen molar-refractivity contribution in [2.75, 3.05) is 51.2 Å². The van der Waals surface area contributed by atoms with Gasteiger partial charge in [-0.2, -0.15) is 0 Å². The molecule has 1 aliphatic heterocycles. The van der Waals surface area contributed by atoms with Gasteiger partial charge in [-0.1, -0.05) is 26.2 Å². The summed E-state index contributed by atoms with van der Waals surface area (Å²) in [4.78, 5) is 29.2. The van der Waals surface area contributed by atoms with Gasteiger partial charge in [-0.3, -0.25) is 9.79 Å². The fourth-order valence-corrected chi connectivity index (χ4v) is 3.04. The summed E-state index contributed by atoms with van der Waals surface area (Å²) in [5.41, 5.74) is 0. The average Bonchev–Trinajstić information content (AvgIpc) is 2.73. The lowest BCUT2D eigenvalue weighted by Crippen LogP contribution is -2.50. The lowest BCUT2D eigenvalue weighted by atomic mass is 10.2. The van der Waals surface area contributed by atoms with Gasteiger partial charge in [-0.15, -0.1) is 0 Å². The molecule has 150 valence electrons. The van der Waals surface area contributed by atoms with E-state index in [9.17, 15) is 4.79 Å². The highest BCUT2D eigenvalue weighted by atomic mass is 16.2. The summed E-state index contributed by atoms with van der Waals surface area (Å²) in [6.45, 7) is 6.67. The van der Waals surface area contributed by atoms with Crippen LogP contribution in [0.15, 0.2) is 23.5 Å². The third-order valence-corrected chi connectivity index (χ3v) is 4.65. The summed E-state index contributed by atoms with van der Waals surface area (Å²) in [6, 6.07) is 1.81. The zero-order valence-electron chi connectivity index (χ0n) is 16.7. The number of anilines is 1. The summed E-state index contributed by atoms with van der Waals surface area (Å²) in [5.74, 6) is 1.68. The Bertz CT molecular complexity index is 571. The number of hydrogen-bond acceptors (Lipinski definition) is 5. The molecule has 0 unspecified atom stereocenters. The molecule has 8 nitrogen and oxygen atoms in total. The molecule has 1 aliphatic rings. The van der Waals surface area contributed by atoms with Crippen LogP contribution in [0.25, 0.3) is 0 Å². The Kier molecular flexibility index (Phi) is 9.37. The van der Waals surface area contributed by atoms with Crippen molar-refractivity contribution in [2.45, 2.75) is 39.0 Å². The second kappa shape index (κ2) is 12.1. The van der Waals surface area contributed by atoms with E-state index in [1.54, 1.807) is 19.4 Å². The zero-order valence-corrected chi connectivity index (χ0v) is 16.7. The second-order valence-electron chi connectivity index (χ2n) is 6.65. The number of carbonyl (C=O) groups is 1. The van der Waals surface area contributed by atoms with Crippen LogP contribution in [-0.4, -0.2) is 73.1 Å². The number of piperazine rings is 1. The molecule has 2 N–H and O–H groups in total. The van der Waals surface area contributed by atoms with Crippen molar-refractivity contribution in [1.29, 1.82) is 0 Å². The van der Waals surface area contributed by atoms with Crippen molar-refractivity contribution in [2.24, 2.45) is 4.99 Å². The van der Waals surface area contributed by atoms with Crippen LogP contribution in [0.3, 0.4) is 0 Å². The van der Waals surface area contributed by atoms with E-state index < -0.39 is 0 Å². The minimum absolute atomic E-state index is 0.175. The Morgan fingerprint density at radius 1 is 1.07 bits per heavy atom. The molecule has 0 spiro atoms. The van der Waals surface area contributed by atoms with Crippen LogP contribution in [0.5, 0.6) is 0 Å². The highest BCUT2D eigenvalue weighted by Crippen LogP contribution is 2.10. The molecule has 1 amide bonds. The molecule has 0 atom stereocenters. The van der Waals surface area contributed by atoms with E-state index in [-0.39, 0.29) is 5.91 Å². The van der Waals surface area contributed by atoms with Gasteiger partial charge in [0.15, 0.2) is 5.96 Å². The van der Waals surface area contributed by atoms with Gasteiger partial charge in [-0.05, 0) is 12.5 Å². The topological polar surface area (TPSA) is 85.8 Å². The van der Waals surface area contributed by atoms with E-state index in [2.05, 4.69) is 37.4 Å². The first-order valence-corrected chi connectivity index (χ1v) is 9.99. The molecule has 1 aromatic rings. The molecule has 27 heavy (non-hydrogen) atoms. The van der Waals surface area contributed by atoms with Gasteiger partial charge in [0, 0.05) is 65.1 Å². The minimum atomic E-state index is 0.175. The molecular formula is C19H33N7O. The largest absolute Gasteiger partial charge is 0.356 e. The van der Waals surface area contributed by atoms with Gasteiger partial charge < -0.3 is 20.4 Å². The summed E-state index contributed by atoms with van der Waals surface area (Å²) >= 11 is 0. The molecule has 2 rings (SSSR count). The number of hydrogen-bond donors (Lipinski definition) is 2. The standard InChI is InChI=1S/C19H33N7O/c1-3-4-5-6-9-21-18(20-2)22-12-8-17(27)25-13-15-26(16-14-25)19-23-10-7-11-24-19/h7,10-11H,3-6,8-9,12-16H2,1-2H3,(H2,20,21,22). The number of aromatic nitrogens is 2. The summed E-state index contributed by atoms with van der Waals surface area (Å²) < 4.78 is 0. The summed E-state index contributed by atoms with van der Waals surface area (Å²) in [5, 5.41) is 6.52. The lowest BCUT2D eigenvalue weighted by Gasteiger charge is -2.34. The Labute approximate surface area is 162 Å². The molecular weight excluding hydrogens is 342 g/mol. The second-order valence-corrected chi connectivity index (χ2v) is 6.65. The molecule has 0 aromatic carbocycles. The average molecular weight is 376 g/mol. The molecule has 0 aliphatic carbocycles. The highest BCUT2D eigenvalue weighted by Gasteiger charge is 2.22. The first-order chi connectivity index (χ1) is 13.2. The molecule has 2 heterocycles. The molecule has 0 bridgehead atoms.